The molecule has 160 valence electrons. The van der Waals surface area contributed by atoms with Crippen molar-refractivity contribution in [3.63, 3.8) is 0 Å². The molecule has 1 aliphatic rings. The van der Waals surface area contributed by atoms with E-state index in [-0.39, 0.29) is 10.8 Å². The molecule has 0 bridgehead atoms. The molecule has 0 radical (unpaired) electrons. The van der Waals surface area contributed by atoms with Crippen molar-refractivity contribution >= 4 is 11.4 Å². The minimum absolute atomic E-state index is 0.0699. The van der Waals surface area contributed by atoms with Crippen LogP contribution in [0, 0.1) is 0 Å². The Balaban J connectivity index is 1.70. The zero-order valence-electron chi connectivity index (χ0n) is 19.7. The van der Waals surface area contributed by atoms with Gasteiger partial charge in [0.25, 0.3) is 0 Å². The number of hydrogen-bond acceptors (Lipinski definition) is 1. The molecule has 0 spiro atoms. The lowest BCUT2D eigenvalue weighted by Gasteiger charge is -2.27. The van der Waals surface area contributed by atoms with Crippen LogP contribution in [0.4, 0.5) is 11.4 Å². The summed E-state index contributed by atoms with van der Waals surface area (Å²) >= 11 is 0. The van der Waals surface area contributed by atoms with Crippen LogP contribution in [0.15, 0.2) is 91.0 Å². The molecular formula is C31H31N. The first kappa shape index (κ1) is 20.6. The van der Waals surface area contributed by atoms with Crippen LogP contribution in [-0.2, 0) is 10.8 Å². The fourth-order valence-electron chi connectivity index (χ4n) is 5.29. The molecule has 1 aliphatic carbocycles. The number of nitrogens with one attached hydrogen (secondary N) is 1. The minimum atomic E-state index is -0.0876. The fourth-order valence-corrected chi connectivity index (χ4v) is 5.29. The molecule has 1 heteroatoms. The molecule has 32 heavy (non-hydrogen) atoms. The fraction of sp³-hybridized carbons (Fsp3) is 0.226. The van der Waals surface area contributed by atoms with Crippen molar-refractivity contribution in [3.8, 4) is 22.3 Å². The van der Waals surface area contributed by atoms with Crippen molar-refractivity contribution in [1.29, 1.82) is 0 Å². The van der Waals surface area contributed by atoms with Gasteiger partial charge in [-0.2, -0.15) is 0 Å². The van der Waals surface area contributed by atoms with Gasteiger partial charge in [0, 0.05) is 16.8 Å². The van der Waals surface area contributed by atoms with E-state index in [0.717, 1.165) is 0 Å². The lowest BCUT2D eigenvalue weighted by Crippen LogP contribution is -2.18. The number of benzene rings is 4. The van der Waals surface area contributed by atoms with E-state index in [1.807, 2.05) is 0 Å². The van der Waals surface area contributed by atoms with Gasteiger partial charge in [-0.1, -0.05) is 113 Å². The van der Waals surface area contributed by atoms with E-state index in [2.05, 4.69) is 131 Å². The summed E-state index contributed by atoms with van der Waals surface area (Å²) in [5.41, 5.74) is 11.7. The Labute approximate surface area is 192 Å². The molecule has 0 heterocycles. The highest BCUT2D eigenvalue weighted by molar-refractivity contribution is 5.95. The molecule has 0 atom stereocenters. The van der Waals surface area contributed by atoms with Crippen LogP contribution in [0.3, 0.4) is 0 Å². The molecule has 1 N–H and O–H groups in total. The molecular weight excluding hydrogens is 386 g/mol. The van der Waals surface area contributed by atoms with E-state index in [1.54, 1.807) is 0 Å². The molecule has 5 rings (SSSR count). The first-order chi connectivity index (χ1) is 15.3. The van der Waals surface area contributed by atoms with Crippen LogP contribution < -0.4 is 5.32 Å². The maximum Gasteiger partial charge on any atom is 0.0432 e. The maximum atomic E-state index is 3.83. The Kier molecular flexibility index (Phi) is 4.74. The molecule has 0 amide bonds. The maximum absolute atomic E-state index is 3.83. The van der Waals surface area contributed by atoms with Gasteiger partial charge in [-0.05, 0) is 56.5 Å². The van der Waals surface area contributed by atoms with E-state index in [9.17, 15) is 0 Å². The van der Waals surface area contributed by atoms with Gasteiger partial charge in [0.05, 0.1) is 0 Å². The first-order valence-electron chi connectivity index (χ1n) is 11.5. The van der Waals surface area contributed by atoms with Crippen molar-refractivity contribution in [2.45, 2.75) is 45.4 Å². The van der Waals surface area contributed by atoms with Crippen LogP contribution in [0.2, 0.25) is 0 Å². The number of rotatable bonds is 3. The normalized spacial score (nSPS) is 14.0. The number of para-hydroxylation sites is 1. The Morgan fingerprint density at radius 1 is 0.625 bits per heavy atom. The van der Waals surface area contributed by atoms with Gasteiger partial charge < -0.3 is 5.32 Å². The van der Waals surface area contributed by atoms with Gasteiger partial charge in [0.15, 0.2) is 0 Å². The van der Waals surface area contributed by atoms with Crippen LogP contribution in [-0.4, -0.2) is 0 Å². The lowest BCUT2D eigenvalue weighted by atomic mass is 9.81. The highest BCUT2D eigenvalue weighted by Crippen LogP contribution is 2.54. The molecule has 0 fully saturated rings. The summed E-state index contributed by atoms with van der Waals surface area (Å²) in [6.45, 7) is 11.5. The van der Waals surface area contributed by atoms with Crippen LogP contribution >= 0.6 is 0 Å². The second kappa shape index (κ2) is 7.38. The third kappa shape index (κ3) is 3.24. The highest BCUT2D eigenvalue weighted by Gasteiger charge is 2.39. The average Bonchev–Trinajstić information content (AvgIpc) is 3.02. The largest absolute Gasteiger partial charge is 0.355 e. The Morgan fingerprint density at radius 2 is 1.25 bits per heavy atom. The molecule has 4 aromatic rings. The standard InChI is InChI=1S/C31H31N/c1-30(2,3)24-17-9-10-19-26(24)32-27-20-12-16-23-28-22(21-13-7-6-8-14-21)15-11-18-25(28)31(4,5)29(23)27/h6-20,32H,1-5H3. The topological polar surface area (TPSA) is 12.0 Å². The SMILES string of the molecule is CC(C)(C)c1ccccc1Nc1cccc2c1C(C)(C)c1cccc(-c3ccccc3)c1-2. The smallest absolute Gasteiger partial charge is 0.0432 e. The third-order valence-electron chi connectivity index (χ3n) is 6.79. The molecule has 4 aromatic carbocycles. The molecule has 0 unspecified atom stereocenters. The van der Waals surface area contributed by atoms with Crippen molar-refractivity contribution in [2.24, 2.45) is 0 Å². The predicted octanol–water partition coefficient (Wildman–Crippen LogP) is 8.70. The van der Waals surface area contributed by atoms with E-state index in [4.69, 9.17) is 0 Å². The van der Waals surface area contributed by atoms with Crippen molar-refractivity contribution in [3.05, 3.63) is 108 Å². The van der Waals surface area contributed by atoms with Crippen LogP contribution in [0.1, 0.15) is 51.3 Å². The van der Waals surface area contributed by atoms with Gasteiger partial charge >= 0.3 is 0 Å². The molecule has 0 aliphatic heterocycles. The minimum Gasteiger partial charge on any atom is -0.355 e. The summed E-state index contributed by atoms with van der Waals surface area (Å²) in [6.07, 6.45) is 0. The Hall–Kier alpha value is -3.32. The lowest BCUT2D eigenvalue weighted by molar-refractivity contribution is 0.592. The summed E-state index contributed by atoms with van der Waals surface area (Å²) in [4.78, 5) is 0. The van der Waals surface area contributed by atoms with Crippen LogP contribution in [0.5, 0.6) is 0 Å². The summed E-state index contributed by atoms with van der Waals surface area (Å²) < 4.78 is 0. The summed E-state index contributed by atoms with van der Waals surface area (Å²) in [6, 6.07) is 32.9. The summed E-state index contributed by atoms with van der Waals surface area (Å²) in [5, 5.41) is 3.83. The number of anilines is 2. The van der Waals surface area contributed by atoms with E-state index in [1.165, 1.54) is 50.3 Å². The summed E-state index contributed by atoms with van der Waals surface area (Å²) in [7, 11) is 0. The van der Waals surface area contributed by atoms with Gasteiger partial charge in [-0.3, -0.25) is 0 Å². The zero-order valence-corrected chi connectivity index (χ0v) is 19.7. The Morgan fingerprint density at radius 3 is 2.00 bits per heavy atom. The van der Waals surface area contributed by atoms with Crippen molar-refractivity contribution in [1.82, 2.24) is 0 Å². The summed E-state index contributed by atoms with van der Waals surface area (Å²) in [5.74, 6) is 0. The quantitative estimate of drug-likeness (QED) is 0.351. The molecule has 0 saturated heterocycles. The Bertz CT molecular complexity index is 1290. The van der Waals surface area contributed by atoms with Gasteiger partial charge in [0.2, 0.25) is 0 Å². The number of hydrogen-bond donors (Lipinski definition) is 1. The van der Waals surface area contributed by atoms with E-state index in [0.29, 0.717) is 0 Å². The van der Waals surface area contributed by atoms with Crippen LogP contribution in [0.25, 0.3) is 22.3 Å². The van der Waals surface area contributed by atoms with Crippen molar-refractivity contribution < 1.29 is 0 Å². The molecule has 0 saturated carbocycles. The molecule has 1 nitrogen and oxygen atoms in total. The van der Waals surface area contributed by atoms with E-state index < -0.39 is 0 Å². The molecule has 0 aromatic heterocycles. The second-order valence-electron chi connectivity index (χ2n) is 10.4. The van der Waals surface area contributed by atoms with Crippen molar-refractivity contribution in [2.75, 3.05) is 5.32 Å². The van der Waals surface area contributed by atoms with Gasteiger partial charge in [-0.15, -0.1) is 0 Å². The monoisotopic (exact) mass is 417 g/mol. The predicted molar refractivity (Wildman–Crippen MR) is 138 cm³/mol. The van der Waals surface area contributed by atoms with Gasteiger partial charge in [0.1, 0.15) is 0 Å². The zero-order chi connectivity index (χ0) is 22.5. The third-order valence-corrected chi connectivity index (χ3v) is 6.79. The van der Waals surface area contributed by atoms with Gasteiger partial charge in [-0.25, -0.2) is 0 Å². The number of fused-ring (bicyclic) bond motifs is 3. The van der Waals surface area contributed by atoms with E-state index >= 15 is 0 Å². The second-order valence-corrected chi connectivity index (χ2v) is 10.4. The average molecular weight is 418 g/mol. The highest BCUT2D eigenvalue weighted by atomic mass is 14.9. The first-order valence-corrected chi connectivity index (χ1v) is 11.5.